The molecule has 0 N–H and O–H groups in total. The van der Waals surface area contributed by atoms with E-state index in [-0.39, 0.29) is 22.7 Å². The Morgan fingerprint density at radius 1 is 1.33 bits per heavy atom. The van der Waals surface area contributed by atoms with Gasteiger partial charge in [-0.2, -0.15) is 0 Å². The second kappa shape index (κ2) is 5.47. The summed E-state index contributed by atoms with van der Waals surface area (Å²) in [5.74, 6) is 0.501. The smallest absolute Gasteiger partial charge is 0.251 e. The van der Waals surface area contributed by atoms with Crippen LogP contribution in [0.15, 0.2) is 15.7 Å². The molecule has 116 valence electrons. The lowest BCUT2D eigenvalue weighted by atomic mass is 10.4. The second-order valence-corrected chi connectivity index (χ2v) is 7.22. The molecule has 0 amide bonds. The monoisotopic (exact) mass is 313 g/mol. The Labute approximate surface area is 123 Å². The molecule has 0 saturated heterocycles. The van der Waals surface area contributed by atoms with E-state index in [1.54, 1.807) is 36.6 Å². The van der Waals surface area contributed by atoms with Crippen LogP contribution in [0.3, 0.4) is 0 Å². The number of sulfone groups is 1. The van der Waals surface area contributed by atoms with Gasteiger partial charge in [0, 0.05) is 26.2 Å². The highest BCUT2D eigenvalue weighted by Crippen LogP contribution is 2.23. The third-order valence-corrected chi connectivity index (χ3v) is 4.35. The van der Waals surface area contributed by atoms with Crippen molar-refractivity contribution < 1.29 is 12.9 Å². The van der Waals surface area contributed by atoms with Crippen LogP contribution in [0.2, 0.25) is 0 Å². The molecule has 0 aromatic carbocycles. The lowest BCUT2D eigenvalue weighted by molar-refractivity contribution is 0.388. The quantitative estimate of drug-likeness (QED) is 0.818. The van der Waals surface area contributed by atoms with Crippen LogP contribution in [-0.4, -0.2) is 42.4 Å². The van der Waals surface area contributed by atoms with Crippen molar-refractivity contribution in [2.45, 2.75) is 37.7 Å². The van der Waals surface area contributed by atoms with Crippen LogP contribution in [0, 0.1) is 6.92 Å². The van der Waals surface area contributed by atoms with E-state index < -0.39 is 9.84 Å². The Hall–Kier alpha value is -1.90. The molecular weight excluding hydrogens is 294 g/mol. The minimum atomic E-state index is -3.66. The molecule has 2 aromatic heterocycles. The SMILES string of the molecule is Cc1cc(CS(=O)(=O)c2nnc(N(C)C)n2C(C)C)on1. The van der Waals surface area contributed by atoms with Crippen molar-refractivity contribution in [2.75, 3.05) is 19.0 Å². The van der Waals surface area contributed by atoms with E-state index in [0.29, 0.717) is 11.6 Å². The summed E-state index contributed by atoms with van der Waals surface area (Å²) in [6.07, 6.45) is 0. The number of hydrogen-bond acceptors (Lipinski definition) is 7. The summed E-state index contributed by atoms with van der Waals surface area (Å²) in [5.41, 5.74) is 0.638. The first-order chi connectivity index (χ1) is 9.72. The lowest BCUT2D eigenvalue weighted by Gasteiger charge is -2.17. The van der Waals surface area contributed by atoms with Crippen molar-refractivity contribution in [1.29, 1.82) is 0 Å². The summed E-state index contributed by atoms with van der Waals surface area (Å²) in [6.45, 7) is 5.50. The number of nitrogens with zero attached hydrogens (tertiary/aromatic N) is 5. The molecule has 9 heteroatoms. The van der Waals surface area contributed by atoms with Gasteiger partial charge in [0.2, 0.25) is 15.8 Å². The molecule has 0 radical (unpaired) electrons. The average molecular weight is 313 g/mol. The van der Waals surface area contributed by atoms with Crippen LogP contribution >= 0.6 is 0 Å². The molecule has 8 nitrogen and oxygen atoms in total. The number of rotatable bonds is 5. The van der Waals surface area contributed by atoms with Crippen LogP contribution in [0.4, 0.5) is 5.95 Å². The van der Waals surface area contributed by atoms with Gasteiger partial charge in [-0.25, -0.2) is 8.42 Å². The molecule has 0 aliphatic rings. The number of anilines is 1. The topological polar surface area (TPSA) is 94.1 Å². The van der Waals surface area contributed by atoms with E-state index in [4.69, 9.17) is 4.52 Å². The first-order valence-corrected chi connectivity index (χ1v) is 8.14. The molecule has 2 aromatic rings. The van der Waals surface area contributed by atoms with Crippen molar-refractivity contribution in [3.63, 3.8) is 0 Å². The normalized spacial score (nSPS) is 12.1. The van der Waals surface area contributed by atoms with E-state index in [1.807, 2.05) is 13.8 Å². The fourth-order valence-corrected chi connectivity index (χ4v) is 3.37. The first-order valence-electron chi connectivity index (χ1n) is 6.49. The molecule has 21 heavy (non-hydrogen) atoms. The van der Waals surface area contributed by atoms with Gasteiger partial charge in [0.25, 0.3) is 5.16 Å². The van der Waals surface area contributed by atoms with Gasteiger partial charge in [-0.15, -0.1) is 10.2 Å². The van der Waals surface area contributed by atoms with Crippen molar-refractivity contribution in [1.82, 2.24) is 19.9 Å². The molecule has 0 unspecified atom stereocenters. The largest absolute Gasteiger partial charge is 0.360 e. The molecule has 0 spiro atoms. The first kappa shape index (κ1) is 15.5. The molecule has 0 aliphatic heterocycles. The lowest BCUT2D eigenvalue weighted by Crippen LogP contribution is -2.20. The highest BCUT2D eigenvalue weighted by Gasteiger charge is 2.28. The van der Waals surface area contributed by atoms with Crippen LogP contribution in [-0.2, 0) is 15.6 Å². The highest BCUT2D eigenvalue weighted by atomic mass is 32.2. The third kappa shape index (κ3) is 3.07. The Morgan fingerprint density at radius 2 is 2.00 bits per heavy atom. The van der Waals surface area contributed by atoms with Crippen molar-refractivity contribution in [2.24, 2.45) is 0 Å². The van der Waals surface area contributed by atoms with Crippen LogP contribution in [0.25, 0.3) is 0 Å². The highest BCUT2D eigenvalue weighted by molar-refractivity contribution is 7.90. The summed E-state index contributed by atoms with van der Waals surface area (Å²) in [5, 5.41) is 11.5. The third-order valence-electron chi connectivity index (χ3n) is 2.85. The summed E-state index contributed by atoms with van der Waals surface area (Å²) >= 11 is 0. The van der Waals surface area contributed by atoms with Gasteiger partial charge in [0.15, 0.2) is 5.76 Å². The minimum Gasteiger partial charge on any atom is -0.360 e. The molecule has 0 aliphatic carbocycles. The minimum absolute atomic E-state index is 0.0600. The van der Waals surface area contributed by atoms with E-state index in [0.717, 1.165) is 0 Å². The fourth-order valence-electron chi connectivity index (χ4n) is 1.97. The maximum Gasteiger partial charge on any atom is 0.251 e. The number of hydrogen-bond donors (Lipinski definition) is 0. The number of aromatic nitrogens is 4. The van der Waals surface area contributed by atoms with Gasteiger partial charge >= 0.3 is 0 Å². The molecule has 0 bridgehead atoms. The van der Waals surface area contributed by atoms with Gasteiger partial charge < -0.3 is 9.42 Å². The van der Waals surface area contributed by atoms with E-state index in [1.165, 1.54) is 0 Å². The molecule has 2 heterocycles. The molecule has 0 fully saturated rings. The number of aryl methyl sites for hydroxylation is 1. The van der Waals surface area contributed by atoms with Crippen molar-refractivity contribution in [3.8, 4) is 0 Å². The van der Waals surface area contributed by atoms with Gasteiger partial charge in [-0.3, -0.25) is 4.57 Å². The van der Waals surface area contributed by atoms with Gasteiger partial charge in [-0.05, 0) is 20.8 Å². The van der Waals surface area contributed by atoms with Crippen molar-refractivity contribution in [3.05, 3.63) is 17.5 Å². The maximum absolute atomic E-state index is 12.5. The Balaban J connectivity index is 2.45. The average Bonchev–Trinajstić information content (AvgIpc) is 2.94. The molecule has 2 rings (SSSR count). The van der Waals surface area contributed by atoms with Gasteiger partial charge in [0.05, 0.1) is 5.69 Å². The van der Waals surface area contributed by atoms with Gasteiger partial charge in [-0.1, -0.05) is 5.16 Å². The zero-order valence-electron chi connectivity index (χ0n) is 12.7. The molecule has 0 saturated carbocycles. The molecular formula is C12H19N5O3S. The predicted octanol–water partition coefficient (Wildman–Crippen LogP) is 1.20. The Bertz CT molecular complexity index is 730. The summed E-state index contributed by atoms with van der Waals surface area (Å²) in [4.78, 5) is 1.73. The fraction of sp³-hybridized carbons (Fsp3) is 0.583. The Kier molecular flexibility index (Phi) is 4.04. The summed E-state index contributed by atoms with van der Waals surface area (Å²) in [7, 11) is -0.0779. The van der Waals surface area contributed by atoms with Crippen LogP contribution in [0.5, 0.6) is 0 Å². The zero-order chi connectivity index (χ0) is 15.8. The standard InChI is InChI=1S/C12H19N5O3S/c1-8(2)17-11(16(4)5)13-14-12(17)21(18,19)7-10-6-9(3)15-20-10/h6,8H,7H2,1-5H3. The van der Waals surface area contributed by atoms with E-state index in [2.05, 4.69) is 15.4 Å². The summed E-state index contributed by atoms with van der Waals surface area (Å²) < 4.78 is 31.7. The van der Waals surface area contributed by atoms with E-state index >= 15 is 0 Å². The zero-order valence-corrected chi connectivity index (χ0v) is 13.5. The summed E-state index contributed by atoms with van der Waals surface area (Å²) in [6, 6.07) is 1.51. The van der Waals surface area contributed by atoms with E-state index in [9.17, 15) is 8.42 Å². The second-order valence-electron chi connectivity index (χ2n) is 5.33. The Morgan fingerprint density at radius 3 is 2.48 bits per heavy atom. The van der Waals surface area contributed by atoms with Crippen molar-refractivity contribution >= 4 is 15.8 Å². The van der Waals surface area contributed by atoms with Gasteiger partial charge in [0.1, 0.15) is 5.75 Å². The van der Waals surface area contributed by atoms with Crippen LogP contribution in [0.1, 0.15) is 31.3 Å². The maximum atomic E-state index is 12.5. The predicted molar refractivity (Wildman–Crippen MR) is 76.9 cm³/mol. The van der Waals surface area contributed by atoms with Crippen LogP contribution < -0.4 is 4.90 Å². The molecule has 0 atom stereocenters.